The third-order valence-electron chi connectivity index (χ3n) is 1.95. The third kappa shape index (κ3) is 4.01. The lowest BCUT2D eigenvalue weighted by molar-refractivity contribution is -0.131. The monoisotopic (exact) mass is 266 g/mol. The van der Waals surface area contributed by atoms with Crippen molar-refractivity contribution < 1.29 is 18.3 Å². The average molecular weight is 266 g/mol. The molecule has 1 aromatic rings. The molecule has 0 fully saturated rings. The SMILES string of the molecule is N#Cc1ccc(S(=O)(=O)NC/C=C/C(=O)O)cc1. The van der Waals surface area contributed by atoms with Gasteiger partial charge in [-0.2, -0.15) is 5.26 Å². The number of benzene rings is 1. The van der Waals surface area contributed by atoms with Crippen molar-refractivity contribution in [1.29, 1.82) is 5.26 Å². The van der Waals surface area contributed by atoms with Crippen LogP contribution in [0.1, 0.15) is 5.56 Å². The summed E-state index contributed by atoms with van der Waals surface area (Å²) in [6.45, 7) is -0.116. The van der Waals surface area contributed by atoms with Crippen molar-refractivity contribution >= 4 is 16.0 Å². The van der Waals surface area contributed by atoms with Crippen LogP contribution in [0.5, 0.6) is 0 Å². The maximum absolute atomic E-state index is 11.7. The van der Waals surface area contributed by atoms with Gasteiger partial charge in [-0.05, 0) is 24.3 Å². The number of carboxylic acids is 1. The van der Waals surface area contributed by atoms with E-state index in [1.165, 1.54) is 30.3 Å². The second-order valence-corrected chi connectivity index (χ2v) is 5.00. The van der Waals surface area contributed by atoms with E-state index in [0.29, 0.717) is 5.56 Å². The van der Waals surface area contributed by atoms with Crippen LogP contribution in [0.3, 0.4) is 0 Å². The molecule has 0 radical (unpaired) electrons. The van der Waals surface area contributed by atoms with Gasteiger partial charge < -0.3 is 5.11 Å². The molecule has 0 aliphatic heterocycles. The summed E-state index contributed by atoms with van der Waals surface area (Å²) in [5.74, 6) is -1.15. The number of carboxylic acid groups (broad SMARTS) is 1. The molecule has 0 saturated heterocycles. The largest absolute Gasteiger partial charge is 0.478 e. The van der Waals surface area contributed by atoms with E-state index in [1.54, 1.807) is 0 Å². The Labute approximate surface area is 104 Å². The first-order chi connectivity index (χ1) is 8.45. The van der Waals surface area contributed by atoms with Crippen molar-refractivity contribution in [2.45, 2.75) is 4.90 Å². The summed E-state index contributed by atoms with van der Waals surface area (Å²) in [4.78, 5) is 10.2. The van der Waals surface area contributed by atoms with Crippen LogP contribution in [0, 0.1) is 11.3 Å². The molecule has 0 saturated carbocycles. The average Bonchev–Trinajstić information content (AvgIpc) is 2.34. The molecule has 7 heteroatoms. The van der Waals surface area contributed by atoms with Gasteiger partial charge in [-0.25, -0.2) is 17.9 Å². The molecule has 0 aliphatic carbocycles. The predicted molar refractivity (Wildman–Crippen MR) is 63.1 cm³/mol. The molecule has 0 spiro atoms. The van der Waals surface area contributed by atoms with E-state index in [9.17, 15) is 13.2 Å². The van der Waals surface area contributed by atoms with Gasteiger partial charge in [0.05, 0.1) is 16.5 Å². The standard InChI is InChI=1S/C11H10N2O4S/c12-8-9-3-5-10(6-4-9)18(16,17)13-7-1-2-11(14)15/h1-6,13H,7H2,(H,14,15)/b2-1+. The van der Waals surface area contributed by atoms with Gasteiger partial charge in [0.1, 0.15) is 0 Å². The van der Waals surface area contributed by atoms with Gasteiger partial charge in [0.25, 0.3) is 0 Å². The van der Waals surface area contributed by atoms with Gasteiger partial charge in [0.2, 0.25) is 10.0 Å². The highest BCUT2D eigenvalue weighted by Gasteiger charge is 2.12. The molecule has 0 bridgehead atoms. The highest BCUT2D eigenvalue weighted by molar-refractivity contribution is 7.89. The minimum atomic E-state index is -3.69. The number of hydrogen-bond acceptors (Lipinski definition) is 4. The Morgan fingerprint density at radius 3 is 2.50 bits per heavy atom. The van der Waals surface area contributed by atoms with E-state index in [-0.39, 0.29) is 11.4 Å². The molecule has 1 rings (SSSR count). The molecule has 94 valence electrons. The van der Waals surface area contributed by atoms with Crippen LogP contribution in [0.15, 0.2) is 41.3 Å². The maximum Gasteiger partial charge on any atom is 0.328 e. The van der Waals surface area contributed by atoms with Gasteiger partial charge in [-0.1, -0.05) is 6.08 Å². The molecule has 0 aliphatic rings. The molecule has 2 N–H and O–H groups in total. The molecule has 0 aromatic heterocycles. The number of nitrogens with one attached hydrogen (secondary N) is 1. The second-order valence-electron chi connectivity index (χ2n) is 3.23. The van der Waals surface area contributed by atoms with Crippen LogP contribution in [0.25, 0.3) is 0 Å². The van der Waals surface area contributed by atoms with Crippen LogP contribution in [-0.4, -0.2) is 26.0 Å². The van der Waals surface area contributed by atoms with Gasteiger partial charge in [-0.15, -0.1) is 0 Å². The zero-order chi connectivity index (χ0) is 13.6. The van der Waals surface area contributed by atoms with Gasteiger partial charge in [-0.3, -0.25) is 0 Å². The van der Waals surface area contributed by atoms with E-state index in [1.807, 2.05) is 6.07 Å². The van der Waals surface area contributed by atoms with E-state index in [4.69, 9.17) is 10.4 Å². The number of carbonyl (C=O) groups is 1. The first kappa shape index (κ1) is 13.9. The summed E-state index contributed by atoms with van der Waals surface area (Å²) >= 11 is 0. The molecule has 1 aromatic carbocycles. The Bertz CT molecular complexity index is 597. The maximum atomic E-state index is 11.7. The lowest BCUT2D eigenvalue weighted by atomic mass is 10.2. The number of hydrogen-bond donors (Lipinski definition) is 2. The van der Waals surface area contributed by atoms with Crippen molar-refractivity contribution in [3.8, 4) is 6.07 Å². The van der Waals surface area contributed by atoms with E-state index < -0.39 is 16.0 Å². The zero-order valence-corrected chi connectivity index (χ0v) is 10.0. The summed E-state index contributed by atoms with van der Waals surface area (Å²) in [6.07, 6.45) is 2.03. The molecular formula is C11H10N2O4S. The molecule has 6 nitrogen and oxygen atoms in total. The van der Waals surface area contributed by atoms with Crippen LogP contribution in [0.2, 0.25) is 0 Å². The molecule has 0 unspecified atom stereocenters. The lowest BCUT2D eigenvalue weighted by Crippen LogP contribution is -2.23. The van der Waals surface area contributed by atoms with Crippen molar-refractivity contribution in [2.75, 3.05) is 6.54 Å². The van der Waals surface area contributed by atoms with Crippen LogP contribution in [-0.2, 0) is 14.8 Å². The highest BCUT2D eigenvalue weighted by atomic mass is 32.2. The second kappa shape index (κ2) is 5.95. The van der Waals surface area contributed by atoms with E-state index in [0.717, 1.165) is 6.08 Å². The summed E-state index contributed by atoms with van der Waals surface area (Å²) in [6, 6.07) is 7.27. The number of aliphatic carboxylic acids is 1. The fourth-order valence-corrected chi connectivity index (χ4v) is 2.09. The molecule has 0 amide bonds. The number of sulfonamides is 1. The summed E-state index contributed by atoms with van der Waals surface area (Å²) in [5.41, 5.74) is 0.361. The molecule has 0 heterocycles. The fraction of sp³-hybridized carbons (Fsp3) is 0.0909. The smallest absolute Gasteiger partial charge is 0.328 e. The van der Waals surface area contributed by atoms with Gasteiger partial charge in [0.15, 0.2) is 0 Å². The third-order valence-corrected chi connectivity index (χ3v) is 3.38. The minimum Gasteiger partial charge on any atom is -0.478 e. The highest BCUT2D eigenvalue weighted by Crippen LogP contribution is 2.09. The normalized spacial score (nSPS) is 11.3. The first-order valence-corrected chi connectivity index (χ1v) is 6.33. The van der Waals surface area contributed by atoms with Crippen LogP contribution >= 0.6 is 0 Å². The minimum absolute atomic E-state index is 0.0187. The number of nitrogens with zero attached hydrogens (tertiary/aromatic N) is 1. The summed E-state index contributed by atoms with van der Waals surface area (Å²) in [5, 5.41) is 16.9. The quantitative estimate of drug-likeness (QED) is 0.753. The Morgan fingerprint density at radius 1 is 1.39 bits per heavy atom. The molecule has 0 atom stereocenters. The Kier molecular flexibility index (Phi) is 4.59. The zero-order valence-electron chi connectivity index (χ0n) is 9.20. The van der Waals surface area contributed by atoms with Crippen molar-refractivity contribution in [3.63, 3.8) is 0 Å². The van der Waals surface area contributed by atoms with Crippen molar-refractivity contribution in [3.05, 3.63) is 42.0 Å². The number of nitriles is 1. The van der Waals surface area contributed by atoms with Crippen LogP contribution in [0.4, 0.5) is 0 Å². The topological polar surface area (TPSA) is 107 Å². The Hall–Kier alpha value is -2.17. The van der Waals surface area contributed by atoms with E-state index >= 15 is 0 Å². The Morgan fingerprint density at radius 2 is 2.00 bits per heavy atom. The van der Waals surface area contributed by atoms with Crippen molar-refractivity contribution in [2.24, 2.45) is 0 Å². The summed E-state index contributed by atoms with van der Waals surface area (Å²) < 4.78 is 25.6. The lowest BCUT2D eigenvalue weighted by Gasteiger charge is -2.04. The summed E-state index contributed by atoms with van der Waals surface area (Å²) in [7, 11) is -3.69. The van der Waals surface area contributed by atoms with Crippen molar-refractivity contribution in [1.82, 2.24) is 4.72 Å². The molecular weight excluding hydrogens is 256 g/mol. The fourth-order valence-electron chi connectivity index (χ4n) is 1.11. The predicted octanol–water partition coefficient (Wildman–Crippen LogP) is 0.477. The number of rotatable bonds is 5. The van der Waals surface area contributed by atoms with Gasteiger partial charge >= 0.3 is 5.97 Å². The van der Waals surface area contributed by atoms with Crippen LogP contribution < -0.4 is 4.72 Å². The Balaban J connectivity index is 2.74. The first-order valence-electron chi connectivity index (χ1n) is 4.85. The molecule has 18 heavy (non-hydrogen) atoms. The van der Waals surface area contributed by atoms with E-state index in [2.05, 4.69) is 4.72 Å². The van der Waals surface area contributed by atoms with Gasteiger partial charge in [0, 0.05) is 12.6 Å².